The number of benzene rings is 1. The van der Waals surface area contributed by atoms with Gasteiger partial charge in [0.2, 0.25) is 0 Å². The van der Waals surface area contributed by atoms with Crippen LogP contribution in [-0.2, 0) is 13.5 Å². The summed E-state index contributed by atoms with van der Waals surface area (Å²) in [6.07, 6.45) is 0.134. The first-order valence-electron chi connectivity index (χ1n) is 5.87. The van der Waals surface area contributed by atoms with Crippen LogP contribution in [0.5, 0.6) is 5.75 Å². The highest BCUT2D eigenvalue weighted by Gasteiger charge is 2.07. The third-order valence-electron chi connectivity index (χ3n) is 3.04. The van der Waals surface area contributed by atoms with Gasteiger partial charge < -0.3 is 9.30 Å². The second-order valence-corrected chi connectivity index (χ2v) is 4.17. The van der Waals surface area contributed by atoms with Crippen LogP contribution < -0.4 is 10.3 Å². The fourth-order valence-corrected chi connectivity index (χ4v) is 1.96. The highest BCUT2D eigenvalue weighted by molar-refractivity contribution is 5.60. The number of pyridine rings is 1. The van der Waals surface area contributed by atoms with Gasteiger partial charge in [0.05, 0.1) is 25.3 Å². The van der Waals surface area contributed by atoms with E-state index in [-0.39, 0.29) is 12.0 Å². The van der Waals surface area contributed by atoms with Crippen molar-refractivity contribution >= 4 is 0 Å². The fourth-order valence-electron chi connectivity index (χ4n) is 1.96. The maximum absolute atomic E-state index is 12.1. The molecule has 0 aliphatic carbocycles. The van der Waals surface area contributed by atoms with Crippen molar-refractivity contribution < 1.29 is 4.74 Å². The van der Waals surface area contributed by atoms with Crippen LogP contribution in [0.25, 0.3) is 11.3 Å². The van der Waals surface area contributed by atoms with E-state index in [0.717, 1.165) is 17.0 Å². The van der Waals surface area contributed by atoms with Gasteiger partial charge in [-0.15, -0.1) is 0 Å². The lowest BCUT2D eigenvalue weighted by Crippen LogP contribution is -2.21. The second-order valence-electron chi connectivity index (χ2n) is 4.17. The lowest BCUT2D eigenvalue weighted by molar-refractivity contribution is 0.415. The van der Waals surface area contributed by atoms with E-state index in [9.17, 15) is 4.79 Å². The molecule has 0 aliphatic heterocycles. The Kier molecular flexibility index (Phi) is 3.67. The molecule has 0 fully saturated rings. The predicted molar refractivity (Wildman–Crippen MR) is 73.0 cm³/mol. The zero-order valence-corrected chi connectivity index (χ0v) is 10.9. The van der Waals surface area contributed by atoms with Crippen molar-refractivity contribution in [3.05, 3.63) is 52.3 Å². The van der Waals surface area contributed by atoms with E-state index in [1.165, 1.54) is 0 Å². The number of aromatic nitrogens is 1. The van der Waals surface area contributed by atoms with Gasteiger partial charge in [0, 0.05) is 12.6 Å². The van der Waals surface area contributed by atoms with Crippen LogP contribution in [0.3, 0.4) is 0 Å². The Morgan fingerprint density at radius 3 is 2.47 bits per heavy atom. The molecule has 0 N–H and O–H groups in total. The van der Waals surface area contributed by atoms with Gasteiger partial charge in [0.15, 0.2) is 0 Å². The SMILES string of the molecule is COc1ccc(-c2ccc(CC#N)c(=O)n2C)cc1. The predicted octanol–water partition coefficient (Wildman–Crippen LogP) is 2.13. The van der Waals surface area contributed by atoms with E-state index in [0.29, 0.717) is 5.56 Å². The number of nitrogens with zero attached hydrogens (tertiary/aromatic N) is 2. The number of nitriles is 1. The second kappa shape index (κ2) is 5.40. The molecule has 0 amide bonds. The Morgan fingerprint density at radius 2 is 1.89 bits per heavy atom. The van der Waals surface area contributed by atoms with Crippen LogP contribution in [0.2, 0.25) is 0 Å². The first-order valence-corrected chi connectivity index (χ1v) is 5.87. The van der Waals surface area contributed by atoms with Crippen molar-refractivity contribution in [2.24, 2.45) is 7.05 Å². The maximum atomic E-state index is 12.1. The molecule has 0 aliphatic rings. The Balaban J connectivity index is 2.48. The molecule has 0 unspecified atom stereocenters. The summed E-state index contributed by atoms with van der Waals surface area (Å²) in [5.41, 5.74) is 2.13. The Morgan fingerprint density at radius 1 is 1.21 bits per heavy atom. The molecule has 2 aromatic rings. The highest BCUT2D eigenvalue weighted by atomic mass is 16.5. The minimum absolute atomic E-state index is 0.130. The Hall–Kier alpha value is -2.54. The van der Waals surface area contributed by atoms with E-state index in [4.69, 9.17) is 10.00 Å². The molecule has 4 nitrogen and oxygen atoms in total. The molecule has 0 spiro atoms. The molecule has 2 rings (SSSR count). The van der Waals surface area contributed by atoms with Gasteiger partial charge in [-0.25, -0.2) is 0 Å². The van der Waals surface area contributed by atoms with E-state index in [1.54, 1.807) is 24.8 Å². The van der Waals surface area contributed by atoms with Crippen molar-refractivity contribution in [1.29, 1.82) is 5.26 Å². The van der Waals surface area contributed by atoms with Gasteiger partial charge in [-0.2, -0.15) is 5.26 Å². The standard InChI is InChI=1S/C15H14N2O2/c1-17-14(8-5-12(9-10-16)15(17)18)11-3-6-13(19-2)7-4-11/h3-8H,9H2,1-2H3. The molecule has 0 atom stereocenters. The topological polar surface area (TPSA) is 55.0 Å². The lowest BCUT2D eigenvalue weighted by Gasteiger charge is -2.10. The summed E-state index contributed by atoms with van der Waals surface area (Å²) >= 11 is 0. The number of hydrogen-bond donors (Lipinski definition) is 0. The third kappa shape index (κ3) is 2.50. The lowest BCUT2D eigenvalue weighted by atomic mass is 10.1. The molecule has 1 heterocycles. The fraction of sp³-hybridized carbons (Fsp3) is 0.200. The molecule has 0 saturated heterocycles. The summed E-state index contributed by atoms with van der Waals surface area (Å²) in [6.45, 7) is 0. The van der Waals surface area contributed by atoms with Crippen LogP contribution in [0.1, 0.15) is 5.56 Å². The first-order chi connectivity index (χ1) is 9.17. The quantitative estimate of drug-likeness (QED) is 0.843. The molecule has 1 aromatic carbocycles. The molecule has 19 heavy (non-hydrogen) atoms. The zero-order valence-electron chi connectivity index (χ0n) is 10.9. The molecule has 0 saturated carbocycles. The van der Waals surface area contributed by atoms with Crippen molar-refractivity contribution in [1.82, 2.24) is 4.57 Å². The van der Waals surface area contributed by atoms with E-state index in [1.807, 2.05) is 36.4 Å². The van der Waals surface area contributed by atoms with Gasteiger partial charge >= 0.3 is 0 Å². The summed E-state index contributed by atoms with van der Waals surface area (Å²) in [5, 5.41) is 8.67. The summed E-state index contributed by atoms with van der Waals surface area (Å²) in [7, 11) is 3.32. The van der Waals surface area contributed by atoms with Gasteiger partial charge in [-0.05, 0) is 35.9 Å². The average Bonchev–Trinajstić information content (AvgIpc) is 2.45. The maximum Gasteiger partial charge on any atom is 0.255 e. The van der Waals surface area contributed by atoms with Gasteiger partial charge in [-0.1, -0.05) is 6.07 Å². The summed E-state index contributed by atoms with van der Waals surface area (Å²) in [5.74, 6) is 0.773. The molecular weight excluding hydrogens is 240 g/mol. The number of ether oxygens (including phenoxy) is 1. The van der Waals surface area contributed by atoms with Crippen molar-refractivity contribution in [3.8, 4) is 23.1 Å². The van der Waals surface area contributed by atoms with E-state index in [2.05, 4.69) is 0 Å². The largest absolute Gasteiger partial charge is 0.497 e. The van der Waals surface area contributed by atoms with Crippen molar-refractivity contribution in [3.63, 3.8) is 0 Å². The van der Waals surface area contributed by atoms with Gasteiger partial charge in [0.25, 0.3) is 5.56 Å². The van der Waals surface area contributed by atoms with Crippen LogP contribution in [0.4, 0.5) is 0 Å². The molecular formula is C15H14N2O2. The van der Waals surface area contributed by atoms with Gasteiger partial charge in [0.1, 0.15) is 5.75 Å². The van der Waals surface area contributed by atoms with Crippen molar-refractivity contribution in [2.45, 2.75) is 6.42 Å². The normalized spacial score (nSPS) is 9.95. The van der Waals surface area contributed by atoms with E-state index >= 15 is 0 Å². The van der Waals surface area contributed by atoms with Crippen LogP contribution in [0, 0.1) is 11.3 Å². The van der Waals surface area contributed by atoms with Crippen LogP contribution >= 0.6 is 0 Å². The molecule has 4 heteroatoms. The molecule has 0 bridgehead atoms. The van der Waals surface area contributed by atoms with Crippen molar-refractivity contribution in [2.75, 3.05) is 7.11 Å². The molecule has 0 radical (unpaired) electrons. The smallest absolute Gasteiger partial charge is 0.255 e. The summed E-state index contributed by atoms with van der Waals surface area (Å²) in [6, 6.07) is 13.1. The monoisotopic (exact) mass is 254 g/mol. The number of methoxy groups -OCH3 is 1. The average molecular weight is 254 g/mol. The number of rotatable bonds is 3. The zero-order chi connectivity index (χ0) is 13.8. The highest BCUT2D eigenvalue weighted by Crippen LogP contribution is 2.21. The van der Waals surface area contributed by atoms with Crippen LogP contribution in [-0.4, -0.2) is 11.7 Å². The minimum atomic E-state index is -0.130. The van der Waals surface area contributed by atoms with Gasteiger partial charge in [-0.3, -0.25) is 4.79 Å². The first kappa shape index (κ1) is 12.9. The summed E-state index contributed by atoms with van der Waals surface area (Å²) < 4.78 is 6.67. The Bertz CT molecular complexity index is 679. The third-order valence-corrected chi connectivity index (χ3v) is 3.04. The number of hydrogen-bond acceptors (Lipinski definition) is 3. The molecule has 1 aromatic heterocycles. The molecule has 96 valence electrons. The minimum Gasteiger partial charge on any atom is -0.497 e. The van der Waals surface area contributed by atoms with Crippen LogP contribution in [0.15, 0.2) is 41.2 Å². The van der Waals surface area contributed by atoms with E-state index < -0.39 is 0 Å². The summed E-state index contributed by atoms with van der Waals surface area (Å²) in [4.78, 5) is 12.1. The Labute approximate surface area is 111 Å².